The Balaban J connectivity index is 2.07. The summed E-state index contributed by atoms with van der Waals surface area (Å²) in [6, 6.07) is 1.95. The van der Waals surface area contributed by atoms with Crippen LogP contribution in [-0.2, 0) is 0 Å². The fraction of sp³-hybridized carbons (Fsp3) is 0.467. The van der Waals surface area contributed by atoms with E-state index in [0.717, 1.165) is 24.3 Å². The van der Waals surface area contributed by atoms with Gasteiger partial charge in [0.25, 0.3) is 5.91 Å². The Bertz CT molecular complexity index is 516. The molecule has 1 aliphatic heterocycles. The number of nitrogens with one attached hydrogen (secondary N) is 1. The summed E-state index contributed by atoms with van der Waals surface area (Å²) in [5, 5.41) is 11.8. The summed E-state index contributed by atoms with van der Waals surface area (Å²) in [4.78, 5) is 16.3. The molecule has 0 saturated carbocycles. The first kappa shape index (κ1) is 14.9. The molecular formula is C15H18N2O2S. The van der Waals surface area contributed by atoms with Gasteiger partial charge in [0.1, 0.15) is 0 Å². The lowest BCUT2D eigenvalue weighted by Gasteiger charge is -2.22. The molecule has 2 heterocycles. The van der Waals surface area contributed by atoms with Crippen LogP contribution in [0.5, 0.6) is 0 Å². The van der Waals surface area contributed by atoms with Gasteiger partial charge in [-0.05, 0) is 30.4 Å². The molecule has 0 aromatic carbocycles. The number of carbonyl (C=O) groups excluding carboxylic acids is 1. The zero-order valence-corrected chi connectivity index (χ0v) is 12.1. The van der Waals surface area contributed by atoms with Crippen molar-refractivity contribution in [1.82, 2.24) is 10.3 Å². The predicted molar refractivity (Wildman–Crippen MR) is 80.6 cm³/mol. The van der Waals surface area contributed by atoms with Crippen LogP contribution >= 0.6 is 11.8 Å². The van der Waals surface area contributed by atoms with Gasteiger partial charge in [0.15, 0.2) is 0 Å². The Morgan fingerprint density at radius 3 is 3.05 bits per heavy atom. The number of nitrogens with zero attached hydrogens (tertiary/aromatic N) is 1. The van der Waals surface area contributed by atoms with Crippen LogP contribution in [0.3, 0.4) is 0 Å². The van der Waals surface area contributed by atoms with Crippen LogP contribution in [-0.4, -0.2) is 40.2 Å². The maximum absolute atomic E-state index is 12.3. The van der Waals surface area contributed by atoms with E-state index in [4.69, 9.17) is 5.11 Å². The van der Waals surface area contributed by atoms with Gasteiger partial charge in [0.2, 0.25) is 0 Å². The van der Waals surface area contributed by atoms with E-state index < -0.39 is 0 Å². The molecule has 2 rings (SSSR count). The van der Waals surface area contributed by atoms with Gasteiger partial charge in [-0.25, -0.2) is 0 Å². The van der Waals surface area contributed by atoms with Crippen LogP contribution < -0.4 is 5.32 Å². The number of thioether (sulfide) groups is 1. The van der Waals surface area contributed by atoms with Gasteiger partial charge in [-0.15, -0.1) is 0 Å². The van der Waals surface area contributed by atoms with E-state index in [9.17, 15) is 4.79 Å². The molecule has 106 valence electrons. The lowest BCUT2D eigenvalue weighted by Crippen LogP contribution is -2.37. The number of hydrogen-bond donors (Lipinski definition) is 2. The molecule has 2 N–H and O–H groups in total. The Labute approximate surface area is 123 Å². The number of aliphatic hydroxyl groups excluding tert-OH is 1. The second-order valence-electron chi connectivity index (χ2n) is 4.56. The van der Waals surface area contributed by atoms with Crippen molar-refractivity contribution in [2.75, 3.05) is 18.1 Å². The van der Waals surface area contributed by atoms with E-state index in [1.54, 1.807) is 18.5 Å². The molecule has 0 radical (unpaired) electrons. The molecule has 5 heteroatoms. The Morgan fingerprint density at radius 2 is 2.30 bits per heavy atom. The summed E-state index contributed by atoms with van der Waals surface area (Å²) in [6.07, 6.45) is 5.63. The average molecular weight is 290 g/mol. The SMILES string of the molecule is O=C(NC1CCSCC1)c1ccncc1C#CCCO. The third kappa shape index (κ3) is 4.26. The molecule has 1 amide bonds. The second-order valence-corrected chi connectivity index (χ2v) is 5.78. The number of pyridine rings is 1. The molecule has 4 nitrogen and oxygen atoms in total. The molecule has 0 aliphatic carbocycles. The lowest BCUT2D eigenvalue weighted by atomic mass is 10.1. The van der Waals surface area contributed by atoms with E-state index in [1.807, 2.05) is 11.8 Å². The maximum Gasteiger partial charge on any atom is 0.252 e. The topological polar surface area (TPSA) is 62.2 Å². The number of rotatable bonds is 3. The Hall–Kier alpha value is -1.51. The molecule has 1 saturated heterocycles. The first-order valence-corrected chi connectivity index (χ1v) is 7.89. The Kier molecular flexibility index (Phi) is 5.90. The highest BCUT2D eigenvalue weighted by Gasteiger charge is 2.18. The molecule has 0 unspecified atom stereocenters. The van der Waals surface area contributed by atoms with Crippen LogP contribution in [0.2, 0.25) is 0 Å². The van der Waals surface area contributed by atoms with Gasteiger partial charge in [-0.3, -0.25) is 9.78 Å². The Morgan fingerprint density at radius 1 is 1.50 bits per heavy atom. The quantitative estimate of drug-likeness (QED) is 0.827. The number of carbonyl (C=O) groups is 1. The van der Waals surface area contributed by atoms with Crippen molar-refractivity contribution in [1.29, 1.82) is 0 Å². The highest BCUT2D eigenvalue weighted by Crippen LogP contribution is 2.17. The summed E-state index contributed by atoms with van der Waals surface area (Å²) >= 11 is 1.93. The molecule has 20 heavy (non-hydrogen) atoms. The lowest BCUT2D eigenvalue weighted by molar-refractivity contribution is 0.0934. The van der Waals surface area contributed by atoms with Crippen molar-refractivity contribution < 1.29 is 9.90 Å². The van der Waals surface area contributed by atoms with Crippen molar-refractivity contribution in [3.63, 3.8) is 0 Å². The molecular weight excluding hydrogens is 272 g/mol. The molecule has 0 spiro atoms. The van der Waals surface area contributed by atoms with E-state index in [2.05, 4.69) is 22.1 Å². The largest absolute Gasteiger partial charge is 0.395 e. The minimum Gasteiger partial charge on any atom is -0.395 e. The minimum atomic E-state index is -0.0856. The molecule has 1 aromatic rings. The van der Waals surface area contributed by atoms with Gasteiger partial charge >= 0.3 is 0 Å². The van der Waals surface area contributed by atoms with Gasteiger partial charge < -0.3 is 10.4 Å². The molecule has 1 fully saturated rings. The highest BCUT2D eigenvalue weighted by molar-refractivity contribution is 7.99. The highest BCUT2D eigenvalue weighted by atomic mass is 32.2. The van der Waals surface area contributed by atoms with Gasteiger partial charge in [0.05, 0.1) is 17.7 Å². The number of amides is 1. The minimum absolute atomic E-state index is 0.0224. The summed E-state index contributed by atoms with van der Waals surface area (Å²) < 4.78 is 0. The van der Waals surface area contributed by atoms with Crippen molar-refractivity contribution in [3.05, 3.63) is 29.6 Å². The standard InChI is InChI=1S/C15H18N2O2S/c18-8-2-1-3-12-11-16-7-4-14(12)15(19)17-13-5-9-20-10-6-13/h4,7,11,13,18H,2,5-6,8-10H2,(H,17,19). The third-order valence-electron chi connectivity index (χ3n) is 3.08. The average Bonchev–Trinajstić information content (AvgIpc) is 2.49. The fourth-order valence-electron chi connectivity index (χ4n) is 2.01. The summed E-state index contributed by atoms with van der Waals surface area (Å²) in [5.74, 6) is 7.84. The third-order valence-corrected chi connectivity index (χ3v) is 4.13. The van der Waals surface area contributed by atoms with Crippen LogP contribution in [0, 0.1) is 11.8 Å². The monoisotopic (exact) mass is 290 g/mol. The van der Waals surface area contributed by atoms with Gasteiger partial charge in [-0.1, -0.05) is 11.8 Å². The zero-order valence-electron chi connectivity index (χ0n) is 11.3. The van der Waals surface area contributed by atoms with Crippen LogP contribution in [0.25, 0.3) is 0 Å². The predicted octanol–water partition coefficient (Wildman–Crippen LogP) is 1.44. The van der Waals surface area contributed by atoms with Crippen molar-refractivity contribution >= 4 is 17.7 Å². The zero-order chi connectivity index (χ0) is 14.2. The number of aromatic nitrogens is 1. The summed E-state index contributed by atoms with van der Waals surface area (Å²) in [6.45, 7) is 0.0224. The van der Waals surface area contributed by atoms with E-state index >= 15 is 0 Å². The van der Waals surface area contributed by atoms with Crippen molar-refractivity contribution in [3.8, 4) is 11.8 Å². The number of aliphatic hydroxyl groups is 1. The van der Waals surface area contributed by atoms with Crippen LogP contribution in [0.4, 0.5) is 0 Å². The van der Waals surface area contributed by atoms with Gasteiger partial charge in [0, 0.05) is 24.9 Å². The second kappa shape index (κ2) is 7.93. The summed E-state index contributed by atoms with van der Waals surface area (Å²) in [5.41, 5.74) is 1.17. The molecule has 1 aliphatic rings. The maximum atomic E-state index is 12.3. The summed E-state index contributed by atoms with van der Waals surface area (Å²) in [7, 11) is 0. The smallest absolute Gasteiger partial charge is 0.252 e. The van der Waals surface area contributed by atoms with Crippen LogP contribution in [0.1, 0.15) is 35.2 Å². The molecule has 1 aromatic heterocycles. The van der Waals surface area contributed by atoms with E-state index in [-0.39, 0.29) is 18.6 Å². The first-order chi connectivity index (χ1) is 9.81. The number of hydrogen-bond acceptors (Lipinski definition) is 4. The van der Waals surface area contributed by atoms with Crippen molar-refractivity contribution in [2.24, 2.45) is 0 Å². The molecule has 0 atom stereocenters. The first-order valence-electron chi connectivity index (χ1n) is 6.73. The van der Waals surface area contributed by atoms with Crippen molar-refractivity contribution in [2.45, 2.75) is 25.3 Å². The fourth-order valence-corrected chi connectivity index (χ4v) is 3.12. The van der Waals surface area contributed by atoms with Crippen LogP contribution in [0.15, 0.2) is 18.5 Å². The van der Waals surface area contributed by atoms with E-state index in [1.165, 1.54) is 0 Å². The molecule has 0 bridgehead atoms. The van der Waals surface area contributed by atoms with E-state index in [0.29, 0.717) is 17.5 Å². The normalized spacial score (nSPS) is 15.2. The van der Waals surface area contributed by atoms with Gasteiger partial charge in [-0.2, -0.15) is 11.8 Å².